The van der Waals surface area contributed by atoms with Crippen molar-refractivity contribution in [1.82, 2.24) is 14.7 Å². The summed E-state index contributed by atoms with van der Waals surface area (Å²) in [6, 6.07) is 13.4. The lowest BCUT2D eigenvalue weighted by Gasteiger charge is -2.33. The van der Waals surface area contributed by atoms with E-state index >= 15 is 0 Å². The molecule has 2 aliphatic rings. The van der Waals surface area contributed by atoms with Crippen molar-refractivity contribution in [2.45, 2.75) is 25.8 Å². The molecule has 0 bridgehead atoms. The summed E-state index contributed by atoms with van der Waals surface area (Å²) in [6.07, 6.45) is 4.40. The SMILES string of the molecule is CC(=O)N1C=Cc2ccccc2C1CC(=O)N1CCCN(C(=O)c2ccccc2F)CC1. The molecule has 0 aromatic heterocycles. The van der Waals surface area contributed by atoms with Gasteiger partial charge in [-0.05, 0) is 35.8 Å². The summed E-state index contributed by atoms with van der Waals surface area (Å²) in [5.74, 6) is -1.08. The largest absolute Gasteiger partial charge is 0.341 e. The van der Waals surface area contributed by atoms with E-state index in [4.69, 9.17) is 0 Å². The molecule has 2 heterocycles. The first-order valence-corrected chi connectivity index (χ1v) is 10.8. The molecule has 32 heavy (non-hydrogen) atoms. The Hall–Kier alpha value is -3.48. The third-order valence-electron chi connectivity index (χ3n) is 6.08. The van der Waals surface area contributed by atoms with Gasteiger partial charge < -0.3 is 14.7 Å². The average molecular weight is 435 g/mol. The Labute approximate surface area is 186 Å². The van der Waals surface area contributed by atoms with Crippen molar-refractivity contribution >= 4 is 23.8 Å². The van der Waals surface area contributed by atoms with Crippen molar-refractivity contribution in [2.24, 2.45) is 0 Å². The molecule has 1 fully saturated rings. The van der Waals surface area contributed by atoms with Crippen LogP contribution in [-0.4, -0.2) is 58.6 Å². The first kappa shape index (κ1) is 21.7. The number of rotatable bonds is 3. The lowest BCUT2D eigenvalue weighted by molar-refractivity contribution is -0.134. The molecular formula is C25H26FN3O3. The first-order valence-electron chi connectivity index (χ1n) is 10.8. The summed E-state index contributed by atoms with van der Waals surface area (Å²) in [4.78, 5) is 43.1. The molecule has 1 atom stereocenters. The third kappa shape index (κ3) is 4.42. The Kier molecular flexibility index (Phi) is 6.35. The molecule has 7 heteroatoms. The summed E-state index contributed by atoms with van der Waals surface area (Å²) >= 11 is 0. The van der Waals surface area contributed by atoms with Crippen LogP contribution in [0, 0.1) is 5.82 Å². The number of carbonyl (C=O) groups is 3. The Bertz CT molecular complexity index is 1070. The average Bonchev–Trinajstić information content (AvgIpc) is 3.05. The quantitative estimate of drug-likeness (QED) is 0.742. The number of amides is 3. The number of halogens is 1. The van der Waals surface area contributed by atoms with Crippen LogP contribution >= 0.6 is 0 Å². The van der Waals surface area contributed by atoms with Crippen LogP contribution in [0.4, 0.5) is 4.39 Å². The first-order chi connectivity index (χ1) is 15.5. The molecule has 0 radical (unpaired) electrons. The van der Waals surface area contributed by atoms with Gasteiger partial charge in [-0.3, -0.25) is 14.4 Å². The Balaban J connectivity index is 1.45. The highest BCUT2D eigenvalue weighted by molar-refractivity contribution is 5.94. The van der Waals surface area contributed by atoms with E-state index in [0.717, 1.165) is 11.1 Å². The molecule has 0 saturated carbocycles. The van der Waals surface area contributed by atoms with Gasteiger partial charge in [0, 0.05) is 39.3 Å². The van der Waals surface area contributed by atoms with Crippen LogP contribution in [0.5, 0.6) is 0 Å². The van der Waals surface area contributed by atoms with Gasteiger partial charge in [-0.2, -0.15) is 0 Å². The number of hydrogen-bond acceptors (Lipinski definition) is 3. The monoisotopic (exact) mass is 435 g/mol. The van der Waals surface area contributed by atoms with Gasteiger partial charge in [-0.1, -0.05) is 36.4 Å². The van der Waals surface area contributed by atoms with Crippen molar-refractivity contribution in [1.29, 1.82) is 0 Å². The van der Waals surface area contributed by atoms with E-state index in [1.54, 1.807) is 33.0 Å². The van der Waals surface area contributed by atoms with E-state index in [1.807, 2.05) is 30.3 Å². The number of carbonyl (C=O) groups excluding carboxylic acids is 3. The third-order valence-corrected chi connectivity index (χ3v) is 6.08. The van der Waals surface area contributed by atoms with Gasteiger partial charge in [0.15, 0.2) is 0 Å². The normalized spacial score (nSPS) is 18.2. The summed E-state index contributed by atoms with van der Waals surface area (Å²) in [5, 5.41) is 0. The van der Waals surface area contributed by atoms with E-state index in [-0.39, 0.29) is 35.7 Å². The fraction of sp³-hybridized carbons (Fsp3) is 0.320. The molecule has 2 aliphatic heterocycles. The van der Waals surface area contributed by atoms with E-state index in [2.05, 4.69) is 0 Å². The van der Waals surface area contributed by atoms with Crippen LogP contribution in [0.25, 0.3) is 6.08 Å². The van der Waals surface area contributed by atoms with E-state index in [9.17, 15) is 18.8 Å². The maximum absolute atomic E-state index is 14.0. The molecule has 0 N–H and O–H groups in total. The van der Waals surface area contributed by atoms with Crippen molar-refractivity contribution in [2.75, 3.05) is 26.2 Å². The Morgan fingerprint density at radius 2 is 1.62 bits per heavy atom. The zero-order chi connectivity index (χ0) is 22.7. The lowest BCUT2D eigenvalue weighted by atomic mass is 9.93. The number of hydrogen-bond donors (Lipinski definition) is 0. The molecule has 3 amide bonds. The highest BCUT2D eigenvalue weighted by Gasteiger charge is 2.31. The summed E-state index contributed by atoms with van der Waals surface area (Å²) in [5.41, 5.74) is 2.00. The van der Waals surface area contributed by atoms with Crippen LogP contribution in [0.15, 0.2) is 54.7 Å². The van der Waals surface area contributed by atoms with Gasteiger partial charge >= 0.3 is 0 Å². The molecule has 4 rings (SSSR count). The summed E-state index contributed by atoms with van der Waals surface area (Å²) < 4.78 is 14.0. The van der Waals surface area contributed by atoms with Crippen LogP contribution in [-0.2, 0) is 9.59 Å². The van der Waals surface area contributed by atoms with Crippen molar-refractivity contribution < 1.29 is 18.8 Å². The predicted octanol–water partition coefficient (Wildman–Crippen LogP) is 3.46. The van der Waals surface area contributed by atoms with Gasteiger partial charge in [0.2, 0.25) is 11.8 Å². The van der Waals surface area contributed by atoms with E-state index in [0.29, 0.717) is 32.6 Å². The standard InChI is InChI=1S/C25H26FN3O3/c1-18(30)29-14-11-19-7-2-3-8-20(19)23(29)17-24(31)27-12-6-13-28(16-15-27)25(32)21-9-4-5-10-22(21)26/h2-5,7-11,14,23H,6,12-13,15-17H2,1H3. The molecule has 2 aromatic rings. The number of nitrogens with zero attached hydrogens (tertiary/aromatic N) is 3. The minimum absolute atomic E-state index is 0.0509. The van der Waals surface area contributed by atoms with Crippen LogP contribution in [0.3, 0.4) is 0 Å². The van der Waals surface area contributed by atoms with Gasteiger partial charge in [0.1, 0.15) is 5.82 Å². The fourth-order valence-electron chi connectivity index (χ4n) is 4.38. The zero-order valence-corrected chi connectivity index (χ0v) is 18.0. The summed E-state index contributed by atoms with van der Waals surface area (Å²) in [6.45, 7) is 3.20. The second-order valence-electron chi connectivity index (χ2n) is 8.10. The van der Waals surface area contributed by atoms with Gasteiger partial charge in [0.25, 0.3) is 5.91 Å². The second kappa shape index (κ2) is 9.34. The molecule has 0 spiro atoms. The number of fused-ring (bicyclic) bond motifs is 1. The molecule has 166 valence electrons. The fourth-order valence-corrected chi connectivity index (χ4v) is 4.38. The van der Waals surface area contributed by atoms with E-state index < -0.39 is 5.82 Å². The second-order valence-corrected chi connectivity index (χ2v) is 8.10. The Morgan fingerprint density at radius 1 is 0.938 bits per heavy atom. The number of benzene rings is 2. The maximum Gasteiger partial charge on any atom is 0.256 e. The smallest absolute Gasteiger partial charge is 0.256 e. The lowest BCUT2D eigenvalue weighted by Crippen LogP contribution is -2.40. The van der Waals surface area contributed by atoms with E-state index in [1.165, 1.54) is 19.1 Å². The molecule has 6 nitrogen and oxygen atoms in total. The minimum atomic E-state index is -0.539. The predicted molar refractivity (Wildman–Crippen MR) is 119 cm³/mol. The van der Waals surface area contributed by atoms with Gasteiger partial charge in [-0.15, -0.1) is 0 Å². The highest BCUT2D eigenvalue weighted by atomic mass is 19.1. The maximum atomic E-state index is 14.0. The molecule has 1 unspecified atom stereocenters. The molecule has 2 aromatic carbocycles. The minimum Gasteiger partial charge on any atom is -0.341 e. The summed E-state index contributed by atoms with van der Waals surface area (Å²) in [7, 11) is 0. The molecular weight excluding hydrogens is 409 g/mol. The molecule has 0 aliphatic carbocycles. The van der Waals surface area contributed by atoms with Crippen LogP contribution in [0.1, 0.15) is 47.3 Å². The van der Waals surface area contributed by atoms with Gasteiger partial charge in [-0.25, -0.2) is 4.39 Å². The van der Waals surface area contributed by atoms with Crippen LogP contribution in [0.2, 0.25) is 0 Å². The topological polar surface area (TPSA) is 60.9 Å². The Morgan fingerprint density at radius 3 is 2.41 bits per heavy atom. The van der Waals surface area contributed by atoms with Crippen LogP contribution < -0.4 is 0 Å². The zero-order valence-electron chi connectivity index (χ0n) is 18.0. The van der Waals surface area contributed by atoms with Crippen molar-refractivity contribution in [3.8, 4) is 0 Å². The molecule has 1 saturated heterocycles. The van der Waals surface area contributed by atoms with Crippen molar-refractivity contribution in [3.63, 3.8) is 0 Å². The van der Waals surface area contributed by atoms with Crippen molar-refractivity contribution in [3.05, 3.63) is 77.2 Å². The van der Waals surface area contributed by atoms with Gasteiger partial charge in [0.05, 0.1) is 18.0 Å². The highest BCUT2D eigenvalue weighted by Crippen LogP contribution is 2.33.